The van der Waals surface area contributed by atoms with E-state index in [0.717, 1.165) is 25.7 Å². The normalized spacial score (nSPS) is 16.6. The van der Waals surface area contributed by atoms with Crippen molar-refractivity contribution < 1.29 is 33.9 Å². The van der Waals surface area contributed by atoms with Crippen molar-refractivity contribution in [3.8, 4) is 0 Å². The number of amides is 5. The molecule has 0 aromatic heterocycles. The Kier molecular flexibility index (Phi) is 14.1. The van der Waals surface area contributed by atoms with Gasteiger partial charge in [0.15, 0.2) is 0 Å². The second kappa shape index (κ2) is 16.5. The first kappa shape index (κ1) is 30.9. The molecule has 1 saturated heterocycles. The molecular formula is C24H41N5O7. The highest BCUT2D eigenvalue weighted by atomic mass is 16.4. The number of carbonyl (C=O) groups is 6. The zero-order valence-corrected chi connectivity index (χ0v) is 21.3. The molecule has 3 atom stereocenters. The molecule has 0 saturated carbocycles. The number of hydrogen-bond acceptors (Lipinski definition) is 6. The smallest absolute Gasteiger partial charge is 0.305 e. The summed E-state index contributed by atoms with van der Waals surface area (Å²) in [5.74, 6) is -4.58. The van der Waals surface area contributed by atoms with Crippen molar-refractivity contribution in [1.82, 2.24) is 20.9 Å². The molecule has 1 aliphatic heterocycles. The number of carboxylic acid groups (broad SMARTS) is 1. The van der Waals surface area contributed by atoms with Gasteiger partial charge in [0.2, 0.25) is 29.5 Å². The molecular weight excluding hydrogens is 470 g/mol. The molecule has 12 nitrogen and oxygen atoms in total. The van der Waals surface area contributed by atoms with Gasteiger partial charge in [0, 0.05) is 20.0 Å². The number of nitrogens with two attached hydrogens (primary N) is 1. The number of likely N-dealkylation sites (N-methyl/N-ethyl adjacent to an activating group) is 1. The van der Waals surface area contributed by atoms with E-state index in [1.807, 2.05) is 0 Å². The summed E-state index contributed by atoms with van der Waals surface area (Å²) < 4.78 is 0. The summed E-state index contributed by atoms with van der Waals surface area (Å²) in [5, 5.41) is 16.0. The Morgan fingerprint density at radius 3 is 2.11 bits per heavy atom. The summed E-state index contributed by atoms with van der Waals surface area (Å²) >= 11 is 0. The van der Waals surface area contributed by atoms with Crippen LogP contribution in [0.3, 0.4) is 0 Å². The predicted octanol–water partition coefficient (Wildman–Crippen LogP) is 0.184. The Balaban J connectivity index is 2.73. The van der Waals surface area contributed by atoms with E-state index in [1.165, 1.54) is 31.2 Å². The van der Waals surface area contributed by atoms with Crippen LogP contribution in [0.25, 0.3) is 0 Å². The van der Waals surface area contributed by atoms with Gasteiger partial charge in [-0.1, -0.05) is 45.4 Å². The van der Waals surface area contributed by atoms with Crippen LogP contribution in [0.2, 0.25) is 0 Å². The lowest BCUT2D eigenvalue weighted by molar-refractivity contribution is -0.142. The van der Waals surface area contributed by atoms with E-state index in [2.05, 4.69) is 22.9 Å². The zero-order valence-electron chi connectivity index (χ0n) is 21.3. The number of aliphatic carboxylic acids is 1. The lowest BCUT2D eigenvalue weighted by Crippen LogP contribution is -2.57. The summed E-state index contributed by atoms with van der Waals surface area (Å²) in [7, 11) is 1.28. The third-order valence-electron chi connectivity index (χ3n) is 6.17. The highest BCUT2D eigenvalue weighted by Gasteiger charge is 2.36. The van der Waals surface area contributed by atoms with Crippen LogP contribution in [-0.2, 0) is 28.8 Å². The molecule has 0 spiro atoms. The summed E-state index contributed by atoms with van der Waals surface area (Å²) in [4.78, 5) is 74.5. The van der Waals surface area contributed by atoms with Crippen LogP contribution in [0, 0.1) is 0 Å². The van der Waals surface area contributed by atoms with Crippen LogP contribution >= 0.6 is 0 Å². The topological polar surface area (TPSA) is 188 Å². The van der Waals surface area contributed by atoms with Gasteiger partial charge in [0.05, 0.1) is 12.8 Å². The number of hydrogen-bond donors (Lipinski definition) is 5. The lowest BCUT2D eigenvalue weighted by atomic mass is 10.1. The number of nitrogens with one attached hydrogen (secondary N) is 3. The molecule has 0 aliphatic carbocycles. The van der Waals surface area contributed by atoms with Crippen molar-refractivity contribution in [3.05, 3.63) is 0 Å². The average Bonchev–Trinajstić information content (AvgIpc) is 3.31. The molecule has 5 amide bonds. The van der Waals surface area contributed by atoms with Crippen molar-refractivity contribution in [2.24, 2.45) is 5.73 Å². The third kappa shape index (κ3) is 11.0. The van der Waals surface area contributed by atoms with E-state index in [1.54, 1.807) is 0 Å². The number of carboxylic acids is 1. The van der Waals surface area contributed by atoms with Gasteiger partial charge < -0.3 is 31.7 Å². The molecule has 1 aliphatic rings. The Labute approximate surface area is 212 Å². The number of carbonyl (C=O) groups excluding carboxylic acids is 5. The van der Waals surface area contributed by atoms with Crippen molar-refractivity contribution in [3.63, 3.8) is 0 Å². The molecule has 0 radical (unpaired) electrons. The van der Waals surface area contributed by atoms with Crippen molar-refractivity contribution in [1.29, 1.82) is 0 Å². The van der Waals surface area contributed by atoms with Gasteiger partial charge in [0.1, 0.15) is 18.1 Å². The molecule has 0 bridgehead atoms. The number of primary amides is 1. The van der Waals surface area contributed by atoms with Crippen LogP contribution in [0.5, 0.6) is 0 Å². The third-order valence-corrected chi connectivity index (χ3v) is 6.17. The van der Waals surface area contributed by atoms with Gasteiger partial charge in [-0.05, 0) is 19.3 Å². The number of rotatable bonds is 17. The molecule has 0 aromatic rings. The van der Waals surface area contributed by atoms with Crippen molar-refractivity contribution in [2.45, 2.75) is 102 Å². The van der Waals surface area contributed by atoms with Crippen LogP contribution in [0.1, 0.15) is 84.0 Å². The van der Waals surface area contributed by atoms with E-state index < -0.39 is 60.6 Å². The van der Waals surface area contributed by atoms with Crippen molar-refractivity contribution >= 4 is 35.5 Å². The minimum Gasteiger partial charge on any atom is -0.481 e. The standard InChI is InChI=1S/C24H41N5O7/c1-3-4-5-6-7-8-9-12-20(31)29-13-10-11-18(29)24(36)28-16(14-19(25)30)23(35)27-17(15-21(32)33)22(34)26-2/h16-18H,3-15H2,1-2H3,(H2,25,30)(H,26,34)(H,27,35)(H,28,36)(H,32,33). The molecule has 36 heavy (non-hydrogen) atoms. The summed E-state index contributed by atoms with van der Waals surface area (Å²) in [6.07, 6.45) is 7.63. The first-order chi connectivity index (χ1) is 17.1. The van der Waals surface area contributed by atoms with Gasteiger partial charge >= 0.3 is 5.97 Å². The van der Waals surface area contributed by atoms with E-state index in [-0.39, 0.29) is 5.91 Å². The van der Waals surface area contributed by atoms with Crippen LogP contribution in [0.4, 0.5) is 0 Å². The minimum absolute atomic E-state index is 0.127. The Morgan fingerprint density at radius 1 is 0.917 bits per heavy atom. The lowest BCUT2D eigenvalue weighted by Gasteiger charge is -2.27. The highest BCUT2D eigenvalue weighted by Crippen LogP contribution is 2.20. The van der Waals surface area contributed by atoms with E-state index in [0.29, 0.717) is 25.8 Å². The minimum atomic E-state index is -1.42. The number of likely N-dealkylation sites (tertiary alicyclic amines) is 1. The fourth-order valence-corrected chi connectivity index (χ4v) is 4.22. The average molecular weight is 512 g/mol. The van der Waals surface area contributed by atoms with E-state index in [4.69, 9.17) is 10.8 Å². The SMILES string of the molecule is CCCCCCCCCC(=O)N1CCCC1C(=O)NC(CC(N)=O)C(=O)NC(CC(=O)O)C(=O)NC. The van der Waals surface area contributed by atoms with Gasteiger partial charge in [-0.2, -0.15) is 0 Å². The molecule has 1 rings (SSSR count). The molecule has 204 valence electrons. The van der Waals surface area contributed by atoms with Crippen molar-refractivity contribution in [2.75, 3.05) is 13.6 Å². The van der Waals surface area contributed by atoms with E-state index in [9.17, 15) is 28.8 Å². The molecule has 3 unspecified atom stereocenters. The molecule has 1 fully saturated rings. The zero-order chi connectivity index (χ0) is 27.1. The maximum Gasteiger partial charge on any atom is 0.305 e. The van der Waals surface area contributed by atoms with Crippen LogP contribution in [-0.4, -0.2) is 77.2 Å². The number of unbranched alkanes of at least 4 members (excludes halogenated alkanes) is 6. The second-order valence-electron chi connectivity index (χ2n) is 9.12. The van der Waals surface area contributed by atoms with E-state index >= 15 is 0 Å². The molecule has 0 aromatic carbocycles. The van der Waals surface area contributed by atoms with Gasteiger partial charge in [-0.25, -0.2) is 0 Å². The van der Waals surface area contributed by atoms with Gasteiger partial charge in [-0.3, -0.25) is 28.8 Å². The molecule has 6 N–H and O–H groups in total. The fourth-order valence-electron chi connectivity index (χ4n) is 4.22. The fraction of sp³-hybridized carbons (Fsp3) is 0.750. The Hall–Kier alpha value is -3.18. The summed E-state index contributed by atoms with van der Waals surface area (Å²) in [6, 6.07) is -3.60. The highest BCUT2D eigenvalue weighted by molar-refractivity contribution is 5.97. The predicted molar refractivity (Wildman–Crippen MR) is 131 cm³/mol. The first-order valence-electron chi connectivity index (χ1n) is 12.7. The number of nitrogens with zero attached hydrogens (tertiary/aromatic N) is 1. The maximum atomic E-state index is 13.0. The summed E-state index contributed by atoms with van der Waals surface area (Å²) in [6.45, 7) is 2.59. The first-order valence-corrected chi connectivity index (χ1v) is 12.7. The maximum absolute atomic E-state index is 13.0. The monoisotopic (exact) mass is 511 g/mol. The molecule has 1 heterocycles. The Morgan fingerprint density at radius 2 is 1.53 bits per heavy atom. The second-order valence-corrected chi connectivity index (χ2v) is 9.12. The van der Waals surface area contributed by atoms with Crippen LogP contribution in [0.15, 0.2) is 0 Å². The van der Waals surface area contributed by atoms with Gasteiger partial charge in [0.25, 0.3) is 0 Å². The Bertz CT molecular complexity index is 789. The molecule has 12 heteroatoms. The van der Waals surface area contributed by atoms with Gasteiger partial charge in [-0.15, -0.1) is 0 Å². The summed E-state index contributed by atoms with van der Waals surface area (Å²) in [5.41, 5.74) is 5.23. The van der Waals surface area contributed by atoms with Crippen LogP contribution < -0.4 is 21.7 Å². The quantitative estimate of drug-likeness (QED) is 0.172. The largest absolute Gasteiger partial charge is 0.481 e.